The maximum atomic E-state index is 5.66. The van der Waals surface area contributed by atoms with Crippen LogP contribution in [0.5, 0.6) is 0 Å². The second kappa shape index (κ2) is 8.01. The maximum Gasteiger partial charge on any atom is 0.177 e. The van der Waals surface area contributed by atoms with Crippen LogP contribution in [0.15, 0.2) is 95.7 Å². The lowest BCUT2D eigenvalue weighted by atomic mass is 10.4. The second-order valence-electron chi connectivity index (χ2n) is 6.14. The van der Waals surface area contributed by atoms with E-state index in [4.69, 9.17) is 14.2 Å². The van der Waals surface area contributed by atoms with Crippen molar-refractivity contribution < 1.29 is 9.47 Å². The van der Waals surface area contributed by atoms with Crippen molar-refractivity contribution in [1.82, 2.24) is 0 Å². The van der Waals surface area contributed by atoms with E-state index in [2.05, 4.69) is 91.0 Å². The molecule has 0 spiro atoms. The molecule has 0 N–H and O–H groups in total. The van der Waals surface area contributed by atoms with Crippen molar-refractivity contribution in [2.45, 2.75) is 6.29 Å². The summed E-state index contributed by atoms with van der Waals surface area (Å²) in [5.41, 5.74) is 0. The van der Waals surface area contributed by atoms with Crippen LogP contribution in [0.4, 0.5) is 0 Å². The number of hydrogen-bond donors (Lipinski definition) is 0. The van der Waals surface area contributed by atoms with E-state index in [0.717, 1.165) is 0 Å². The molecular formula is C22H22NO2P. The minimum atomic E-state index is -2.14. The van der Waals surface area contributed by atoms with Gasteiger partial charge in [0.2, 0.25) is 0 Å². The average Bonchev–Trinajstić information content (AvgIpc) is 3.25. The molecule has 3 aromatic rings. The molecule has 1 aliphatic heterocycles. The Balaban J connectivity index is 1.95. The lowest BCUT2D eigenvalue weighted by molar-refractivity contribution is -0.0323. The van der Waals surface area contributed by atoms with Gasteiger partial charge in [-0.25, -0.2) is 0 Å². The maximum absolute atomic E-state index is 5.66. The summed E-state index contributed by atoms with van der Waals surface area (Å²) >= 11 is 0. The van der Waals surface area contributed by atoms with Crippen molar-refractivity contribution in [3.63, 3.8) is 0 Å². The van der Waals surface area contributed by atoms with Crippen LogP contribution in [0.1, 0.15) is 0 Å². The average molecular weight is 363 g/mol. The van der Waals surface area contributed by atoms with Crippen molar-refractivity contribution in [2.24, 2.45) is 4.74 Å². The highest BCUT2D eigenvalue weighted by molar-refractivity contribution is 7.87. The van der Waals surface area contributed by atoms with Crippen molar-refractivity contribution in [2.75, 3.05) is 19.8 Å². The van der Waals surface area contributed by atoms with E-state index in [1.165, 1.54) is 15.9 Å². The van der Waals surface area contributed by atoms with Gasteiger partial charge in [-0.3, -0.25) is 4.74 Å². The molecule has 3 aromatic carbocycles. The Kier molecular flexibility index (Phi) is 5.31. The monoisotopic (exact) mass is 363 g/mol. The topological polar surface area (TPSA) is 30.8 Å². The number of ether oxygens (including phenoxy) is 2. The molecule has 0 aliphatic carbocycles. The Hall–Kier alpha value is -2.19. The quantitative estimate of drug-likeness (QED) is 0.649. The number of hydrogen-bond acceptors (Lipinski definition) is 3. The second-order valence-corrected chi connectivity index (χ2v) is 9.24. The van der Waals surface area contributed by atoms with Gasteiger partial charge in [-0.2, -0.15) is 0 Å². The van der Waals surface area contributed by atoms with Gasteiger partial charge < -0.3 is 9.47 Å². The van der Waals surface area contributed by atoms with Crippen molar-refractivity contribution in [3.05, 3.63) is 91.0 Å². The highest BCUT2D eigenvalue weighted by Crippen LogP contribution is 2.46. The van der Waals surface area contributed by atoms with Crippen molar-refractivity contribution in [1.29, 1.82) is 0 Å². The summed E-state index contributed by atoms with van der Waals surface area (Å²) < 4.78 is 16.6. The molecule has 1 aliphatic rings. The van der Waals surface area contributed by atoms with Gasteiger partial charge in [-0.15, -0.1) is 0 Å². The van der Waals surface area contributed by atoms with Gasteiger partial charge >= 0.3 is 0 Å². The lowest BCUT2D eigenvalue weighted by Crippen LogP contribution is -2.26. The normalized spacial score (nSPS) is 15.1. The molecule has 1 fully saturated rings. The molecule has 0 unspecified atom stereocenters. The summed E-state index contributed by atoms with van der Waals surface area (Å²) in [4.78, 5) is 0. The number of benzene rings is 3. The predicted molar refractivity (Wildman–Crippen MR) is 108 cm³/mol. The Morgan fingerprint density at radius 2 is 1.04 bits per heavy atom. The summed E-state index contributed by atoms with van der Waals surface area (Å²) in [6, 6.07) is 31.8. The van der Waals surface area contributed by atoms with Gasteiger partial charge in [0, 0.05) is 15.9 Å². The molecule has 132 valence electrons. The number of nitrogens with zero attached hydrogens (tertiary/aromatic N) is 1. The van der Waals surface area contributed by atoms with E-state index in [1.54, 1.807) is 0 Å². The molecule has 1 saturated heterocycles. The number of rotatable bonds is 5. The van der Waals surface area contributed by atoms with Gasteiger partial charge in [0.15, 0.2) is 6.29 Å². The zero-order valence-corrected chi connectivity index (χ0v) is 15.5. The zero-order chi connectivity index (χ0) is 17.7. The summed E-state index contributed by atoms with van der Waals surface area (Å²) in [5.74, 6) is 0. The van der Waals surface area contributed by atoms with E-state index in [1.807, 2.05) is 0 Å². The van der Waals surface area contributed by atoms with E-state index < -0.39 is 7.05 Å². The van der Waals surface area contributed by atoms with Crippen LogP contribution in [-0.4, -0.2) is 26.0 Å². The molecule has 4 rings (SSSR count). The van der Waals surface area contributed by atoms with Gasteiger partial charge in [0.25, 0.3) is 0 Å². The SMILES string of the molecule is c1ccc(P(=NCC2OCCO2)(c2ccccc2)c2ccccc2)cc1. The lowest BCUT2D eigenvalue weighted by Gasteiger charge is -2.27. The molecular weight excluding hydrogens is 341 g/mol. The van der Waals surface area contributed by atoms with Crippen LogP contribution in [-0.2, 0) is 9.47 Å². The Morgan fingerprint density at radius 3 is 1.42 bits per heavy atom. The highest BCUT2D eigenvalue weighted by Gasteiger charge is 2.28. The first-order chi connectivity index (χ1) is 12.9. The Labute approximate surface area is 154 Å². The molecule has 0 saturated carbocycles. The molecule has 0 bridgehead atoms. The first-order valence-electron chi connectivity index (χ1n) is 8.88. The van der Waals surface area contributed by atoms with Gasteiger partial charge in [-0.1, -0.05) is 91.0 Å². The van der Waals surface area contributed by atoms with Crippen molar-refractivity contribution >= 4 is 23.0 Å². The molecule has 3 nitrogen and oxygen atoms in total. The highest BCUT2D eigenvalue weighted by atomic mass is 31.2. The third kappa shape index (κ3) is 3.39. The van der Waals surface area contributed by atoms with Crippen LogP contribution < -0.4 is 15.9 Å². The van der Waals surface area contributed by atoms with Gasteiger partial charge in [0.05, 0.1) is 26.8 Å². The van der Waals surface area contributed by atoms with E-state index in [0.29, 0.717) is 19.8 Å². The van der Waals surface area contributed by atoms with E-state index >= 15 is 0 Å². The minimum Gasteiger partial charge on any atom is -0.348 e. The molecule has 4 heteroatoms. The summed E-state index contributed by atoms with van der Waals surface area (Å²) in [7, 11) is -2.14. The van der Waals surface area contributed by atoms with Crippen LogP contribution in [0, 0.1) is 0 Å². The fourth-order valence-corrected chi connectivity index (χ4v) is 6.90. The van der Waals surface area contributed by atoms with Crippen LogP contribution in [0.3, 0.4) is 0 Å². The Bertz CT molecular complexity index is 772. The molecule has 0 radical (unpaired) electrons. The zero-order valence-electron chi connectivity index (χ0n) is 14.6. The van der Waals surface area contributed by atoms with Crippen LogP contribution in [0.25, 0.3) is 0 Å². The van der Waals surface area contributed by atoms with Crippen LogP contribution >= 0.6 is 7.05 Å². The van der Waals surface area contributed by atoms with Crippen LogP contribution in [0.2, 0.25) is 0 Å². The Morgan fingerprint density at radius 1 is 0.654 bits per heavy atom. The predicted octanol–water partition coefficient (Wildman–Crippen LogP) is 3.54. The van der Waals surface area contributed by atoms with Gasteiger partial charge in [-0.05, 0) is 0 Å². The first kappa shape index (κ1) is 17.2. The first-order valence-corrected chi connectivity index (χ1v) is 10.6. The molecule has 0 amide bonds. The molecule has 0 atom stereocenters. The minimum absolute atomic E-state index is 0.245. The largest absolute Gasteiger partial charge is 0.348 e. The fraction of sp³-hybridized carbons (Fsp3) is 0.182. The smallest absolute Gasteiger partial charge is 0.177 e. The molecule has 26 heavy (non-hydrogen) atoms. The third-order valence-corrected chi connectivity index (χ3v) is 8.25. The summed E-state index contributed by atoms with van der Waals surface area (Å²) in [6.45, 7) is 1.83. The summed E-state index contributed by atoms with van der Waals surface area (Å²) in [5, 5.41) is 3.74. The third-order valence-electron chi connectivity index (χ3n) is 4.52. The van der Waals surface area contributed by atoms with E-state index in [-0.39, 0.29) is 6.29 Å². The van der Waals surface area contributed by atoms with Crippen molar-refractivity contribution in [3.8, 4) is 0 Å². The molecule has 1 heterocycles. The fourth-order valence-electron chi connectivity index (χ4n) is 3.33. The van der Waals surface area contributed by atoms with E-state index in [9.17, 15) is 0 Å². The summed E-state index contributed by atoms with van der Waals surface area (Å²) in [6.07, 6.45) is -0.245. The van der Waals surface area contributed by atoms with Gasteiger partial charge in [0.1, 0.15) is 0 Å². The molecule has 0 aromatic heterocycles. The standard InChI is InChI=1S/C22H22NO2P/c1-4-10-19(11-5-1)26(20-12-6-2-7-13-20,21-14-8-3-9-15-21)23-18-22-24-16-17-25-22/h1-15,22H,16-18H2.